The average molecular weight is 268 g/mol. The van der Waals surface area contributed by atoms with Gasteiger partial charge < -0.3 is 14.0 Å². The van der Waals surface area contributed by atoms with Crippen LogP contribution in [0.15, 0.2) is 0 Å². The highest BCUT2D eigenvalue weighted by atomic mass is 16.7. The molecule has 2 fully saturated rings. The number of hydrogen-bond donors (Lipinski definition) is 0. The second kappa shape index (κ2) is 5.05. The lowest BCUT2D eigenvalue weighted by Crippen LogP contribution is -2.41. The van der Waals surface area contributed by atoms with Crippen molar-refractivity contribution in [1.82, 2.24) is 0 Å². The third-order valence-electron chi connectivity index (χ3n) is 5.39. The van der Waals surface area contributed by atoms with E-state index < -0.39 is 0 Å². The van der Waals surface area contributed by atoms with E-state index in [0.717, 1.165) is 6.61 Å². The van der Waals surface area contributed by atoms with E-state index in [1.165, 1.54) is 25.7 Å². The molecule has 1 aliphatic carbocycles. The van der Waals surface area contributed by atoms with E-state index in [1.807, 2.05) is 0 Å². The predicted molar refractivity (Wildman–Crippen MR) is 78.3 cm³/mol. The van der Waals surface area contributed by atoms with Crippen LogP contribution in [0.3, 0.4) is 0 Å². The van der Waals surface area contributed by atoms with E-state index >= 15 is 0 Å². The topological polar surface area (TPSA) is 27.7 Å². The highest BCUT2D eigenvalue weighted by Crippen LogP contribution is 2.47. The van der Waals surface area contributed by atoms with E-state index in [-0.39, 0.29) is 18.3 Å². The van der Waals surface area contributed by atoms with Crippen molar-refractivity contribution >= 4 is 7.12 Å². The van der Waals surface area contributed by atoms with Crippen LogP contribution in [-0.2, 0) is 14.0 Å². The normalized spacial score (nSPS) is 37.6. The minimum atomic E-state index is -0.203. The lowest BCUT2D eigenvalue weighted by atomic mass is 9.59. The Balaban J connectivity index is 1.93. The second-order valence-electron chi connectivity index (χ2n) is 7.71. The maximum Gasteiger partial charge on any atom is 0.461 e. The fraction of sp³-hybridized carbons (Fsp3) is 1.00. The average Bonchev–Trinajstić information content (AvgIpc) is 2.49. The van der Waals surface area contributed by atoms with E-state index in [4.69, 9.17) is 14.0 Å². The molecular weight excluding hydrogens is 239 g/mol. The summed E-state index contributed by atoms with van der Waals surface area (Å²) in [5, 5.41) is 0. The Bertz CT molecular complexity index is 303. The summed E-state index contributed by atoms with van der Waals surface area (Å²) in [7, 11) is 1.77. The minimum absolute atomic E-state index is 0.0305. The van der Waals surface area contributed by atoms with Gasteiger partial charge in [0, 0.05) is 7.11 Å². The smallest absolute Gasteiger partial charge is 0.403 e. The van der Waals surface area contributed by atoms with Gasteiger partial charge in [0.2, 0.25) is 0 Å². The summed E-state index contributed by atoms with van der Waals surface area (Å²) in [5.74, 6) is 0.533. The molecule has 19 heavy (non-hydrogen) atoms. The number of ether oxygens (including phenoxy) is 1. The summed E-state index contributed by atoms with van der Waals surface area (Å²) in [5.41, 5.74) is -0.0647. The van der Waals surface area contributed by atoms with Gasteiger partial charge in [-0.15, -0.1) is 0 Å². The van der Waals surface area contributed by atoms with Gasteiger partial charge in [-0.2, -0.15) is 0 Å². The van der Waals surface area contributed by atoms with Crippen molar-refractivity contribution in [3.8, 4) is 0 Å². The first-order chi connectivity index (χ1) is 8.69. The van der Waals surface area contributed by atoms with Crippen LogP contribution in [-0.4, -0.2) is 32.0 Å². The van der Waals surface area contributed by atoms with E-state index in [9.17, 15) is 0 Å². The molecule has 0 spiro atoms. The van der Waals surface area contributed by atoms with Gasteiger partial charge in [-0.1, -0.05) is 19.8 Å². The summed E-state index contributed by atoms with van der Waals surface area (Å²) in [6.07, 6.45) is 4.76. The zero-order valence-corrected chi connectivity index (χ0v) is 13.4. The Kier molecular flexibility index (Phi) is 4.08. The molecule has 1 heterocycles. The Labute approximate surface area is 118 Å². The first-order valence-electron chi connectivity index (χ1n) is 7.54. The summed E-state index contributed by atoms with van der Waals surface area (Å²) >= 11 is 0. The number of hydrogen-bond acceptors (Lipinski definition) is 3. The first-order valence-corrected chi connectivity index (χ1v) is 7.54. The van der Waals surface area contributed by atoms with Gasteiger partial charge in [-0.25, -0.2) is 0 Å². The highest BCUT2D eigenvalue weighted by molar-refractivity contribution is 6.47. The zero-order valence-electron chi connectivity index (χ0n) is 13.4. The molecule has 1 saturated heterocycles. The quantitative estimate of drug-likeness (QED) is 0.731. The Morgan fingerprint density at radius 3 is 1.89 bits per heavy atom. The molecule has 110 valence electrons. The fourth-order valence-corrected chi connectivity index (χ4v) is 3.18. The molecule has 0 aromatic carbocycles. The molecule has 1 saturated carbocycles. The van der Waals surface area contributed by atoms with Gasteiger partial charge in [-0.05, 0) is 51.8 Å². The summed E-state index contributed by atoms with van der Waals surface area (Å²) < 4.78 is 17.7. The van der Waals surface area contributed by atoms with Crippen molar-refractivity contribution in [2.45, 2.75) is 77.3 Å². The molecule has 0 atom stereocenters. The van der Waals surface area contributed by atoms with Crippen LogP contribution >= 0.6 is 0 Å². The maximum atomic E-state index is 6.18. The summed E-state index contributed by atoms with van der Waals surface area (Å²) in [6.45, 7) is 11.7. The van der Waals surface area contributed by atoms with Crippen molar-refractivity contribution in [2.75, 3.05) is 13.7 Å². The highest BCUT2D eigenvalue weighted by Gasteiger charge is 2.54. The van der Waals surface area contributed by atoms with Crippen molar-refractivity contribution < 1.29 is 14.0 Å². The molecular formula is C15H29BO3. The minimum Gasteiger partial charge on any atom is -0.403 e. The summed E-state index contributed by atoms with van der Waals surface area (Å²) in [6, 6.07) is 0. The molecule has 4 heteroatoms. The van der Waals surface area contributed by atoms with Crippen molar-refractivity contribution in [1.29, 1.82) is 0 Å². The first kappa shape index (κ1) is 15.3. The Morgan fingerprint density at radius 1 is 1.00 bits per heavy atom. The predicted octanol–water partition coefficient (Wildman–Crippen LogP) is 3.68. The lowest BCUT2D eigenvalue weighted by molar-refractivity contribution is 0.00578. The van der Waals surface area contributed by atoms with Crippen LogP contribution in [0.25, 0.3) is 0 Å². The van der Waals surface area contributed by atoms with Crippen LogP contribution < -0.4 is 0 Å². The van der Waals surface area contributed by atoms with Crippen molar-refractivity contribution in [2.24, 2.45) is 5.41 Å². The van der Waals surface area contributed by atoms with E-state index in [2.05, 4.69) is 34.6 Å². The van der Waals surface area contributed by atoms with Crippen LogP contribution in [0.1, 0.15) is 60.3 Å². The van der Waals surface area contributed by atoms with Crippen LogP contribution in [0.5, 0.6) is 0 Å². The fourth-order valence-electron chi connectivity index (χ4n) is 3.18. The molecule has 0 radical (unpaired) electrons. The number of rotatable bonds is 3. The zero-order chi connectivity index (χ0) is 14.3. The molecule has 0 N–H and O–H groups in total. The molecule has 2 aliphatic rings. The van der Waals surface area contributed by atoms with Gasteiger partial charge in [-0.3, -0.25) is 0 Å². The molecule has 0 amide bonds. The van der Waals surface area contributed by atoms with Crippen LogP contribution in [0.2, 0.25) is 5.82 Å². The largest absolute Gasteiger partial charge is 0.461 e. The molecule has 0 aromatic rings. The molecule has 0 unspecified atom stereocenters. The lowest BCUT2D eigenvalue weighted by Gasteiger charge is -2.37. The molecule has 3 nitrogen and oxygen atoms in total. The van der Waals surface area contributed by atoms with Crippen LogP contribution in [0, 0.1) is 5.41 Å². The SMILES string of the molecule is COCC1(C)CCC(B2OC(C)(C)C(C)(C)O2)CC1. The van der Waals surface area contributed by atoms with E-state index in [0.29, 0.717) is 11.2 Å². The number of methoxy groups -OCH3 is 1. The molecule has 2 rings (SSSR count). The third-order valence-corrected chi connectivity index (χ3v) is 5.39. The molecule has 0 bridgehead atoms. The maximum absolute atomic E-state index is 6.18. The van der Waals surface area contributed by atoms with Gasteiger partial charge >= 0.3 is 7.12 Å². The second-order valence-corrected chi connectivity index (χ2v) is 7.71. The molecule has 1 aliphatic heterocycles. The Hall–Kier alpha value is -0.0551. The van der Waals surface area contributed by atoms with Crippen LogP contribution in [0.4, 0.5) is 0 Å². The third kappa shape index (κ3) is 3.01. The van der Waals surface area contributed by atoms with E-state index in [1.54, 1.807) is 7.11 Å². The summed E-state index contributed by atoms with van der Waals surface area (Å²) in [4.78, 5) is 0. The van der Waals surface area contributed by atoms with Crippen molar-refractivity contribution in [3.05, 3.63) is 0 Å². The van der Waals surface area contributed by atoms with Crippen molar-refractivity contribution in [3.63, 3.8) is 0 Å². The monoisotopic (exact) mass is 268 g/mol. The standard InChI is InChI=1S/C15H29BO3/c1-13(2)14(3,4)19-16(18-13)12-7-9-15(5,10-8-12)11-17-6/h12H,7-11H2,1-6H3. The van der Waals surface area contributed by atoms with Gasteiger partial charge in [0.05, 0.1) is 17.8 Å². The van der Waals surface area contributed by atoms with Gasteiger partial charge in [0.1, 0.15) is 0 Å². The molecule has 0 aromatic heterocycles. The van der Waals surface area contributed by atoms with Gasteiger partial charge in [0.15, 0.2) is 0 Å². The Morgan fingerprint density at radius 2 is 1.47 bits per heavy atom. The van der Waals surface area contributed by atoms with Gasteiger partial charge in [0.25, 0.3) is 0 Å².